The average Bonchev–Trinajstić information content (AvgIpc) is 2.77. The molecule has 0 radical (unpaired) electrons. The minimum absolute atomic E-state index is 0.240. The first-order valence-electron chi connectivity index (χ1n) is 5.92. The van der Waals surface area contributed by atoms with Crippen molar-refractivity contribution in [3.63, 3.8) is 0 Å². The van der Waals surface area contributed by atoms with Crippen LogP contribution in [-0.4, -0.2) is 25.1 Å². The number of ether oxygens (including phenoxy) is 1. The molecule has 0 aromatic heterocycles. The Labute approximate surface area is 107 Å². The molecule has 0 amide bonds. The lowest BCUT2D eigenvalue weighted by Gasteiger charge is -2.04. The van der Waals surface area contributed by atoms with Gasteiger partial charge < -0.3 is 10.5 Å². The summed E-state index contributed by atoms with van der Waals surface area (Å²) in [5.41, 5.74) is 6.70. The highest BCUT2D eigenvalue weighted by atomic mass is 35.5. The molecule has 0 saturated carbocycles. The first kappa shape index (κ1) is 12.4. The van der Waals surface area contributed by atoms with E-state index in [1.54, 1.807) is 0 Å². The maximum atomic E-state index is 5.84. The molecule has 0 saturated heterocycles. The Bertz CT molecular complexity index is 389. The van der Waals surface area contributed by atoms with Gasteiger partial charge in [-0.3, -0.25) is 0 Å². The van der Waals surface area contributed by atoms with Gasteiger partial charge in [-0.1, -0.05) is 23.7 Å². The zero-order valence-electron chi connectivity index (χ0n) is 9.73. The molecule has 1 heterocycles. The van der Waals surface area contributed by atoms with Gasteiger partial charge in [-0.05, 0) is 37.1 Å². The van der Waals surface area contributed by atoms with Gasteiger partial charge in [-0.2, -0.15) is 0 Å². The SMILES string of the molecule is NCCCC1=NC(Cc2ccc(Cl)cc2)CO1. The van der Waals surface area contributed by atoms with Gasteiger partial charge in [0, 0.05) is 11.4 Å². The molecule has 2 rings (SSSR count). The summed E-state index contributed by atoms with van der Waals surface area (Å²) in [7, 11) is 0. The first-order chi connectivity index (χ1) is 8.28. The number of nitrogens with zero attached hydrogens (tertiary/aromatic N) is 1. The van der Waals surface area contributed by atoms with Crippen molar-refractivity contribution < 1.29 is 4.74 Å². The molecule has 4 heteroatoms. The van der Waals surface area contributed by atoms with E-state index in [1.807, 2.05) is 24.3 Å². The first-order valence-corrected chi connectivity index (χ1v) is 6.29. The molecule has 1 unspecified atom stereocenters. The van der Waals surface area contributed by atoms with E-state index in [1.165, 1.54) is 5.56 Å². The highest BCUT2D eigenvalue weighted by Crippen LogP contribution is 2.16. The molecule has 3 nitrogen and oxygen atoms in total. The summed E-state index contributed by atoms with van der Waals surface area (Å²) in [6.45, 7) is 1.37. The van der Waals surface area contributed by atoms with Crippen molar-refractivity contribution in [3.05, 3.63) is 34.9 Å². The standard InChI is InChI=1S/C13H17ClN2O/c14-11-5-3-10(4-6-11)8-12-9-17-13(16-12)2-1-7-15/h3-6,12H,1-2,7-9,15H2. The average molecular weight is 253 g/mol. The Hall–Kier alpha value is -1.06. The Morgan fingerprint density at radius 2 is 2.12 bits per heavy atom. The Balaban J connectivity index is 1.88. The number of aliphatic imine (C=N–C) groups is 1. The summed E-state index contributed by atoms with van der Waals surface area (Å²) >= 11 is 5.84. The fraction of sp³-hybridized carbons (Fsp3) is 0.462. The Morgan fingerprint density at radius 1 is 1.35 bits per heavy atom. The molecular formula is C13H17ClN2O. The molecule has 2 N–H and O–H groups in total. The summed E-state index contributed by atoms with van der Waals surface area (Å²) in [4.78, 5) is 4.55. The van der Waals surface area contributed by atoms with E-state index in [0.29, 0.717) is 13.2 Å². The van der Waals surface area contributed by atoms with E-state index >= 15 is 0 Å². The molecule has 0 bridgehead atoms. The molecule has 1 aliphatic heterocycles. The summed E-state index contributed by atoms with van der Waals surface area (Å²) in [5.74, 6) is 0.856. The molecule has 1 aromatic rings. The van der Waals surface area contributed by atoms with Crippen molar-refractivity contribution in [1.29, 1.82) is 0 Å². The minimum Gasteiger partial charge on any atom is -0.479 e. The van der Waals surface area contributed by atoms with Crippen LogP contribution in [0.1, 0.15) is 18.4 Å². The fourth-order valence-corrected chi connectivity index (χ4v) is 1.98. The van der Waals surface area contributed by atoms with Gasteiger partial charge in [0.2, 0.25) is 0 Å². The van der Waals surface area contributed by atoms with Crippen LogP contribution in [0, 0.1) is 0 Å². The maximum absolute atomic E-state index is 5.84. The predicted octanol–water partition coefficient (Wildman–Crippen LogP) is 2.42. The van der Waals surface area contributed by atoms with Gasteiger partial charge in [-0.15, -0.1) is 0 Å². The van der Waals surface area contributed by atoms with E-state index < -0.39 is 0 Å². The van der Waals surface area contributed by atoms with Crippen molar-refractivity contribution in [2.45, 2.75) is 25.3 Å². The molecule has 0 spiro atoms. The molecular weight excluding hydrogens is 236 g/mol. The lowest BCUT2D eigenvalue weighted by atomic mass is 10.1. The second-order valence-corrected chi connectivity index (χ2v) is 4.65. The maximum Gasteiger partial charge on any atom is 0.183 e. The van der Waals surface area contributed by atoms with Gasteiger partial charge in [0.25, 0.3) is 0 Å². The minimum atomic E-state index is 0.240. The topological polar surface area (TPSA) is 47.6 Å². The molecule has 92 valence electrons. The molecule has 1 aliphatic rings. The van der Waals surface area contributed by atoms with Crippen LogP contribution in [-0.2, 0) is 11.2 Å². The zero-order chi connectivity index (χ0) is 12.1. The third-order valence-corrected chi connectivity index (χ3v) is 3.00. The monoisotopic (exact) mass is 252 g/mol. The van der Waals surface area contributed by atoms with E-state index in [4.69, 9.17) is 22.1 Å². The van der Waals surface area contributed by atoms with Crippen molar-refractivity contribution in [2.75, 3.05) is 13.2 Å². The van der Waals surface area contributed by atoms with E-state index in [2.05, 4.69) is 4.99 Å². The van der Waals surface area contributed by atoms with Crippen LogP contribution >= 0.6 is 11.6 Å². The number of benzene rings is 1. The normalized spacial score (nSPS) is 18.9. The van der Waals surface area contributed by atoms with Crippen LogP contribution in [0.15, 0.2) is 29.3 Å². The largest absolute Gasteiger partial charge is 0.479 e. The smallest absolute Gasteiger partial charge is 0.183 e. The van der Waals surface area contributed by atoms with Crippen LogP contribution in [0.5, 0.6) is 0 Å². The number of hydrogen-bond acceptors (Lipinski definition) is 3. The molecule has 1 atom stereocenters. The van der Waals surface area contributed by atoms with Gasteiger partial charge in [0.1, 0.15) is 6.61 Å². The summed E-state index contributed by atoms with van der Waals surface area (Å²) in [6.07, 6.45) is 2.70. The van der Waals surface area contributed by atoms with E-state index in [-0.39, 0.29) is 6.04 Å². The number of hydrogen-bond donors (Lipinski definition) is 1. The van der Waals surface area contributed by atoms with E-state index in [9.17, 15) is 0 Å². The fourth-order valence-electron chi connectivity index (χ4n) is 1.86. The van der Waals surface area contributed by atoms with Gasteiger partial charge in [0.15, 0.2) is 5.90 Å². The van der Waals surface area contributed by atoms with E-state index in [0.717, 1.165) is 30.2 Å². The van der Waals surface area contributed by atoms with Crippen LogP contribution in [0.25, 0.3) is 0 Å². The van der Waals surface area contributed by atoms with Crippen molar-refractivity contribution >= 4 is 17.5 Å². The quantitative estimate of drug-likeness (QED) is 0.875. The lowest BCUT2D eigenvalue weighted by Crippen LogP contribution is -2.09. The van der Waals surface area contributed by atoms with Crippen molar-refractivity contribution in [2.24, 2.45) is 10.7 Å². The van der Waals surface area contributed by atoms with Crippen molar-refractivity contribution in [3.8, 4) is 0 Å². The van der Waals surface area contributed by atoms with Crippen LogP contribution in [0.4, 0.5) is 0 Å². The van der Waals surface area contributed by atoms with Crippen molar-refractivity contribution in [1.82, 2.24) is 0 Å². The van der Waals surface area contributed by atoms with Gasteiger partial charge in [-0.25, -0.2) is 4.99 Å². The highest BCUT2D eigenvalue weighted by molar-refractivity contribution is 6.30. The molecule has 0 fully saturated rings. The third-order valence-electron chi connectivity index (χ3n) is 2.75. The lowest BCUT2D eigenvalue weighted by molar-refractivity contribution is 0.308. The predicted molar refractivity (Wildman–Crippen MR) is 70.6 cm³/mol. The summed E-state index contributed by atoms with van der Waals surface area (Å²) in [5, 5.41) is 0.767. The summed E-state index contributed by atoms with van der Waals surface area (Å²) in [6, 6.07) is 8.13. The Morgan fingerprint density at radius 3 is 2.82 bits per heavy atom. The zero-order valence-corrected chi connectivity index (χ0v) is 10.5. The third kappa shape index (κ3) is 3.72. The van der Waals surface area contributed by atoms with Crippen LogP contribution in [0.3, 0.4) is 0 Å². The number of rotatable bonds is 5. The molecule has 0 aliphatic carbocycles. The number of nitrogens with two attached hydrogens (primary N) is 1. The molecule has 1 aromatic carbocycles. The highest BCUT2D eigenvalue weighted by Gasteiger charge is 2.18. The Kier molecular flexibility index (Phi) is 4.40. The van der Waals surface area contributed by atoms with Crippen LogP contribution < -0.4 is 5.73 Å². The number of halogens is 1. The van der Waals surface area contributed by atoms with Gasteiger partial charge in [0.05, 0.1) is 6.04 Å². The van der Waals surface area contributed by atoms with Crippen LogP contribution in [0.2, 0.25) is 5.02 Å². The second kappa shape index (κ2) is 6.03. The molecule has 17 heavy (non-hydrogen) atoms. The second-order valence-electron chi connectivity index (χ2n) is 4.21. The van der Waals surface area contributed by atoms with Gasteiger partial charge >= 0.3 is 0 Å². The summed E-state index contributed by atoms with van der Waals surface area (Å²) < 4.78 is 5.53.